The summed E-state index contributed by atoms with van der Waals surface area (Å²) in [7, 11) is 1.71. The number of hydrogen-bond acceptors (Lipinski definition) is 3. The standard InChI is InChI=1S/C20H22N2O/c1-23-16-11-12-17-18(14-16)21-19-10-6-3-7-13-22(19)20(17)15-8-4-2-5-9-15/h2,4-5,8-9,11-12,14,20H,3,6-7,10,13H2,1H3. The van der Waals surface area contributed by atoms with Crippen molar-refractivity contribution >= 4 is 11.5 Å². The highest BCUT2D eigenvalue weighted by molar-refractivity contribution is 5.88. The Labute approximate surface area is 137 Å². The molecule has 1 fully saturated rings. The van der Waals surface area contributed by atoms with Gasteiger partial charge in [-0.1, -0.05) is 42.8 Å². The van der Waals surface area contributed by atoms with Crippen molar-refractivity contribution in [3.63, 3.8) is 0 Å². The number of aliphatic imine (C=N–C) groups is 1. The zero-order valence-corrected chi connectivity index (χ0v) is 13.5. The average molecular weight is 306 g/mol. The predicted octanol–water partition coefficient (Wildman–Crippen LogP) is 4.70. The Morgan fingerprint density at radius 1 is 1.04 bits per heavy atom. The Kier molecular flexibility index (Phi) is 3.78. The van der Waals surface area contributed by atoms with Crippen LogP contribution in [0.3, 0.4) is 0 Å². The van der Waals surface area contributed by atoms with Crippen molar-refractivity contribution in [2.75, 3.05) is 13.7 Å². The number of amidine groups is 1. The topological polar surface area (TPSA) is 24.8 Å². The molecule has 1 saturated heterocycles. The van der Waals surface area contributed by atoms with E-state index < -0.39 is 0 Å². The molecule has 2 heterocycles. The number of hydrogen-bond donors (Lipinski definition) is 0. The zero-order chi connectivity index (χ0) is 15.6. The molecule has 0 aromatic heterocycles. The molecule has 23 heavy (non-hydrogen) atoms. The van der Waals surface area contributed by atoms with E-state index in [9.17, 15) is 0 Å². The molecule has 0 bridgehead atoms. The van der Waals surface area contributed by atoms with Crippen LogP contribution in [0.1, 0.15) is 42.9 Å². The fourth-order valence-electron chi connectivity index (χ4n) is 3.69. The van der Waals surface area contributed by atoms with Crippen molar-refractivity contribution in [2.24, 2.45) is 4.99 Å². The lowest BCUT2D eigenvalue weighted by Gasteiger charge is -2.38. The quantitative estimate of drug-likeness (QED) is 0.803. The van der Waals surface area contributed by atoms with Crippen molar-refractivity contribution in [3.8, 4) is 5.75 Å². The van der Waals surface area contributed by atoms with Gasteiger partial charge in [0.1, 0.15) is 11.6 Å². The second kappa shape index (κ2) is 6.07. The van der Waals surface area contributed by atoms with Gasteiger partial charge in [-0.2, -0.15) is 0 Å². The molecule has 0 aliphatic carbocycles. The smallest absolute Gasteiger partial charge is 0.121 e. The third kappa shape index (κ3) is 2.61. The van der Waals surface area contributed by atoms with Crippen LogP contribution in [0.15, 0.2) is 53.5 Å². The van der Waals surface area contributed by atoms with E-state index in [4.69, 9.17) is 9.73 Å². The van der Waals surface area contributed by atoms with Gasteiger partial charge in [-0.25, -0.2) is 4.99 Å². The van der Waals surface area contributed by atoms with Crippen LogP contribution < -0.4 is 4.74 Å². The van der Waals surface area contributed by atoms with Crippen molar-refractivity contribution in [2.45, 2.75) is 31.7 Å². The molecule has 118 valence electrons. The summed E-state index contributed by atoms with van der Waals surface area (Å²) in [6.45, 7) is 1.09. The molecule has 0 saturated carbocycles. The first-order valence-electron chi connectivity index (χ1n) is 8.44. The maximum Gasteiger partial charge on any atom is 0.121 e. The minimum atomic E-state index is 0.266. The second-order valence-corrected chi connectivity index (χ2v) is 6.27. The lowest BCUT2D eigenvalue weighted by atomic mass is 9.93. The van der Waals surface area contributed by atoms with E-state index >= 15 is 0 Å². The molecule has 1 atom stereocenters. The van der Waals surface area contributed by atoms with E-state index in [-0.39, 0.29) is 6.04 Å². The number of ether oxygens (including phenoxy) is 1. The molecule has 2 aromatic carbocycles. The van der Waals surface area contributed by atoms with Gasteiger partial charge in [-0.05, 0) is 24.5 Å². The SMILES string of the molecule is COc1ccc2c(c1)N=C1CCCCCN1C2c1ccccc1. The zero-order valence-electron chi connectivity index (χ0n) is 13.5. The largest absolute Gasteiger partial charge is 0.497 e. The van der Waals surface area contributed by atoms with Crippen molar-refractivity contribution in [1.82, 2.24) is 4.90 Å². The Morgan fingerprint density at radius 3 is 2.74 bits per heavy atom. The van der Waals surface area contributed by atoms with Crippen molar-refractivity contribution in [1.29, 1.82) is 0 Å². The van der Waals surface area contributed by atoms with Gasteiger partial charge in [0.2, 0.25) is 0 Å². The van der Waals surface area contributed by atoms with Gasteiger partial charge in [0.15, 0.2) is 0 Å². The van der Waals surface area contributed by atoms with E-state index in [0.717, 1.165) is 24.4 Å². The van der Waals surface area contributed by atoms with Crippen molar-refractivity contribution in [3.05, 3.63) is 59.7 Å². The average Bonchev–Trinajstić information content (AvgIpc) is 2.85. The monoisotopic (exact) mass is 306 g/mol. The molecule has 2 aromatic rings. The van der Waals surface area contributed by atoms with Crippen molar-refractivity contribution < 1.29 is 4.74 Å². The van der Waals surface area contributed by atoms with Gasteiger partial charge in [0.25, 0.3) is 0 Å². The van der Waals surface area contributed by atoms with Gasteiger partial charge in [0.05, 0.1) is 18.8 Å². The Bertz CT molecular complexity index is 724. The van der Waals surface area contributed by atoms with E-state index in [1.807, 2.05) is 6.07 Å². The molecule has 3 nitrogen and oxygen atoms in total. The highest BCUT2D eigenvalue weighted by atomic mass is 16.5. The number of rotatable bonds is 2. The molecule has 2 aliphatic rings. The highest BCUT2D eigenvalue weighted by Gasteiger charge is 2.31. The van der Waals surface area contributed by atoms with Gasteiger partial charge < -0.3 is 9.64 Å². The van der Waals surface area contributed by atoms with Gasteiger partial charge in [-0.3, -0.25) is 0 Å². The van der Waals surface area contributed by atoms with E-state index in [1.165, 1.54) is 36.2 Å². The van der Waals surface area contributed by atoms with E-state index in [1.54, 1.807) is 7.11 Å². The molecular weight excluding hydrogens is 284 g/mol. The minimum Gasteiger partial charge on any atom is -0.497 e. The van der Waals surface area contributed by atoms with Gasteiger partial charge in [0, 0.05) is 24.6 Å². The van der Waals surface area contributed by atoms with Crippen LogP contribution in [-0.2, 0) is 0 Å². The second-order valence-electron chi connectivity index (χ2n) is 6.27. The maximum absolute atomic E-state index is 5.40. The lowest BCUT2D eigenvalue weighted by molar-refractivity contribution is 0.348. The summed E-state index contributed by atoms with van der Waals surface area (Å²) in [5.41, 5.74) is 3.68. The Balaban J connectivity index is 1.87. The summed E-state index contributed by atoms with van der Waals surface area (Å²) < 4.78 is 5.40. The van der Waals surface area contributed by atoms with E-state index in [0.29, 0.717) is 0 Å². The fraction of sp³-hybridized carbons (Fsp3) is 0.350. The van der Waals surface area contributed by atoms with Crippen LogP contribution in [0.25, 0.3) is 0 Å². The molecule has 1 unspecified atom stereocenters. The Morgan fingerprint density at radius 2 is 1.91 bits per heavy atom. The highest BCUT2D eigenvalue weighted by Crippen LogP contribution is 2.42. The van der Waals surface area contributed by atoms with E-state index in [2.05, 4.69) is 47.4 Å². The van der Waals surface area contributed by atoms with Crippen LogP contribution in [0.5, 0.6) is 5.75 Å². The third-order valence-corrected chi connectivity index (χ3v) is 4.84. The number of fused-ring (bicyclic) bond motifs is 2. The first-order chi connectivity index (χ1) is 11.4. The van der Waals surface area contributed by atoms with Crippen LogP contribution in [0.4, 0.5) is 5.69 Å². The maximum atomic E-state index is 5.40. The third-order valence-electron chi connectivity index (χ3n) is 4.84. The number of nitrogens with zero attached hydrogens (tertiary/aromatic N) is 2. The van der Waals surface area contributed by atoms with Gasteiger partial charge in [-0.15, -0.1) is 0 Å². The fourth-order valence-corrected chi connectivity index (χ4v) is 3.69. The molecule has 0 amide bonds. The molecular formula is C20H22N2O. The first-order valence-corrected chi connectivity index (χ1v) is 8.44. The Hall–Kier alpha value is -2.29. The summed E-state index contributed by atoms with van der Waals surface area (Å²) in [4.78, 5) is 7.49. The van der Waals surface area contributed by atoms with Crippen LogP contribution in [-0.4, -0.2) is 24.4 Å². The number of benzene rings is 2. The predicted molar refractivity (Wildman–Crippen MR) is 93.5 cm³/mol. The molecule has 0 N–H and O–H groups in total. The molecule has 0 spiro atoms. The number of methoxy groups -OCH3 is 1. The molecule has 3 heteroatoms. The summed E-state index contributed by atoms with van der Waals surface area (Å²) in [6, 6.07) is 17.4. The summed E-state index contributed by atoms with van der Waals surface area (Å²) in [6.07, 6.45) is 4.83. The lowest BCUT2D eigenvalue weighted by Crippen LogP contribution is -2.37. The van der Waals surface area contributed by atoms with Crippen LogP contribution >= 0.6 is 0 Å². The molecule has 0 radical (unpaired) electrons. The summed E-state index contributed by atoms with van der Waals surface area (Å²) in [5.74, 6) is 2.11. The summed E-state index contributed by atoms with van der Waals surface area (Å²) in [5, 5.41) is 0. The van der Waals surface area contributed by atoms with Crippen LogP contribution in [0, 0.1) is 0 Å². The van der Waals surface area contributed by atoms with Crippen LogP contribution in [0.2, 0.25) is 0 Å². The summed E-state index contributed by atoms with van der Waals surface area (Å²) >= 11 is 0. The van der Waals surface area contributed by atoms with Gasteiger partial charge >= 0.3 is 0 Å². The minimum absolute atomic E-state index is 0.266. The normalized spacial score (nSPS) is 20.1. The first kappa shape index (κ1) is 14.3. The molecule has 2 aliphatic heterocycles. The molecule has 4 rings (SSSR count).